The molecule has 0 fully saturated rings. The van der Waals surface area contributed by atoms with Gasteiger partial charge in [-0.1, -0.05) is 30.3 Å². The highest BCUT2D eigenvalue weighted by molar-refractivity contribution is 5.97. The van der Waals surface area contributed by atoms with Crippen LogP contribution in [0.3, 0.4) is 0 Å². The van der Waals surface area contributed by atoms with Crippen LogP contribution in [0, 0.1) is 0 Å². The first-order chi connectivity index (χ1) is 11.7. The quantitative estimate of drug-likeness (QED) is 0.793. The largest absolute Gasteiger partial charge is 0.465 e. The van der Waals surface area contributed by atoms with Crippen LogP contribution in [-0.2, 0) is 22.4 Å². The van der Waals surface area contributed by atoms with E-state index in [-0.39, 0.29) is 11.9 Å². The Kier molecular flexibility index (Phi) is 4.94. The molecule has 0 bridgehead atoms. The Morgan fingerprint density at radius 2 is 1.92 bits per heavy atom. The van der Waals surface area contributed by atoms with Crippen LogP contribution in [0.5, 0.6) is 0 Å². The first kappa shape index (κ1) is 16.2. The molecule has 0 aliphatic carbocycles. The van der Waals surface area contributed by atoms with Gasteiger partial charge in [0.05, 0.1) is 12.7 Å². The molecule has 1 amide bonds. The van der Waals surface area contributed by atoms with Crippen molar-refractivity contribution in [1.82, 2.24) is 0 Å². The minimum absolute atomic E-state index is 0.149. The molecule has 0 saturated carbocycles. The third-order valence-corrected chi connectivity index (χ3v) is 4.40. The third-order valence-electron chi connectivity index (χ3n) is 4.40. The Hall–Kier alpha value is -2.62. The number of anilines is 1. The third kappa shape index (κ3) is 3.48. The molecule has 0 unspecified atom stereocenters. The number of ether oxygens (including phenoxy) is 1. The van der Waals surface area contributed by atoms with Crippen molar-refractivity contribution in [3.05, 3.63) is 65.2 Å². The molecule has 1 aliphatic rings. The van der Waals surface area contributed by atoms with E-state index in [1.165, 1.54) is 12.7 Å². The van der Waals surface area contributed by atoms with Crippen LogP contribution in [0.4, 0.5) is 5.69 Å². The molecule has 4 nitrogen and oxygen atoms in total. The second-order valence-electron chi connectivity index (χ2n) is 5.97. The summed E-state index contributed by atoms with van der Waals surface area (Å²) >= 11 is 0. The predicted molar refractivity (Wildman–Crippen MR) is 93.2 cm³/mol. The molecule has 2 aromatic rings. The molecule has 0 atom stereocenters. The number of esters is 1. The zero-order valence-electron chi connectivity index (χ0n) is 13.8. The van der Waals surface area contributed by atoms with Gasteiger partial charge in [0.2, 0.25) is 5.91 Å². The smallest absolute Gasteiger partial charge is 0.337 e. The van der Waals surface area contributed by atoms with Gasteiger partial charge in [-0.15, -0.1) is 0 Å². The molecule has 0 saturated heterocycles. The van der Waals surface area contributed by atoms with E-state index in [0.29, 0.717) is 18.5 Å². The van der Waals surface area contributed by atoms with Gasteiger partial charge in [0.15, 0.2) is 0 Å². The summed E-state index contributed by atoms with van der Waals surface area (Å²) in [5.41, 5.74) is 3.76. The van der Waals surface area contributed by atoms with Crippen LogP contribution in [-0.4, -0.2) is 25.5 Å². The lowest BCUT2D eigenvalue weighted by Crippen LogP contribution is -2.28. The number of amides is 1. The summed E-state index contributed by atoms with van der Waals surface area (Å²) in [6.07, 6.45) is 3.07. The SMILES string of the molecule is COC(=O)c1ccc2c(c1)CCN2C(=O)CCCc1ccccc1. The molecule has 0 aromatic heterocycles. The maximum atomic E-state index is 12.5. The standard InChI is InChI=1S/C20H21NO3/c1-24-20(23)17-10-11-18-16(14-17)12-13-21(18)19(22)9-5-8-15-6-3-2-4-7-15/h2-4,6-7,10-11,14H,5,8-9,12-13H2,1H3. The zero-order valence-corrected chi connectivity index (χ0v) is 13.8. The van der Waals surface area contributed by atoms with E-state index in [0.717, 1.165) is 30.5 Å². The van der Waals surface area contributed by atoms with Crippen molar-refractivity contribution in [2.24, 2.45) is 0 Å². The number of fused-ring (bicyclic) bond motifs is 1. The van der Waals surface area contributed by atoms with E-state index >= 15 is 0 Å². The van der Waals surface area contributed by atoms with Gasteiger partial charge in [-0.25, -0.2) is 4.79 Å². The second kappa shape index (κ2) is 7.30. The lowest BCUT2D eigenvalue weighted by Gasteiger charge is -2.17. The number of nitrogens with zero attached hydrogens (tertiary/aromatic N) is 1. The Morgan fingerprint density at radius 1 is 1.12 bits per heavy atom. The number of hydrogen-bond donors (Lipinski definition) is 0. The summed E-state index contributed by atoms with van der Waals surface area (Å²) in [5, 5.41) is 0. The number of aryl methyl sites for hydroxylation is 1. The molecule has 124 valence electrons. The number of rotatable bonds is 5. The molecule has 3 rings (SSSR count). The van der Waals surface area contributed by atoms with Crippen LogP contribution in [0.2, 0.25) is 0 Å². The molecule has 0 radical (unpaired) electrons. The topological polar surface area (TPSA) is 46.6 Å². The molecular weight excluding hydrogens is 302 g/mol. The predicted octanol–water partition coefficient (Wildman–Crippen LogP) is 3.39. The molecule has 1 heterocycles. The first-order valence-corrected chi connectivity index (χ1v) is 8.24. The first-order valence-electron chi connectivity index (χ1n) is 8.24. The molecule has 1 aliphatic heterocycles. The lowest BCUT2D eigenvalue weighted by molar-refractivity contribution is -0.118. The van der Waals surface area contributed by atoms with Crippen molar-refractivity contribution in [1.29, 1.82) is 0 Å². The van der Waals surface area contributed by atoms with Crippen molar-refractivity contribution in [3.8, 4) is 0 Å². The summed E-state index contributed by atoms with van der Waals surface area (Å²) < 4.78 is 4.75. The average molecular weight is 323 g/mol. The monoisotopic (exact) mass is 323 g/mol. The molecule has 2 aromatic carbocycles. The Balaban J connectivity index is 1.61. The summed E-state index contributed by atoms with van der Waals surface area (Å²) in [6, 6.07) is 15.6. The molecule has 0 N–H and O–H groups in total. The summed E-state index contributed by atoms with van der Waals surface area (Å²) in [4.78, 5) is 25.9. The number of hydrogen-bond acceptors (Lipinski definition) is 3. The highest BCUT2D eigenvalue weighted by Gasteiger charge is 2.25. The van der Waals surface area contributed by atoms with E-state index in [4.69, 9.17) is 4.74 Å². The van der Waals surface area contributed by atoms with E-state index in [1.807, 2.05) is 35.2 Å². The van der Waals surface area contributed by atoms with Gasteiger partial charge in [0, 0.05) is 18.7 Å². The molecule has 0 spiro atoms. The summed E-state index contributed by atoms with van der Waals surface area (Å²) in [7, 11) is 1.37. The Bertz CT molecular complexity index is 740. The normalized spacial score (nSPS) is 12.8. The highest BCUT2D eigenvalue weighted by atomic mass is 16.5. The fourth-order valence-corrected chi connectivity index (χ4v) is 3.13. The molecule has 24 heavy (non-hydrogen) atoms. The number of methoxy groups -OCH3 is 1. The maximum absolute atomic E-state index is 12.5. The van der Waals surface area contributed by atoms with E-state index in [2.05, 4.69) is 12.1 Å². The van der Waals surface area contributed by atoms with Gasteiger partial charge < -0.3 is 9.64 Å². The van der Waals surface area contributed by atoms with Crippen molar-refractivity contribution < 1.29 is 14.3 Å². The van der Waals surface area contributed by atoms with Crippen molar-refractivity contribution in [3.63, 3.8) is 0 Å². The Morgan fingerprint density at radius 3 is 2.67 bits per heavy atom. The summed E-state index contributed by atoms with van der Waals surface area (Å²) in [6.45, 7) is 0.685. The van der Waals surface area contributed by atoms with Gasteiger partial charge >= 0.3 is 5.97 Å². The van der Waals surface area contributed by atoms with Gasteiger partial charge in [-0.05, 0) is 48.6 Å². The van der Waals surface area contributed by atoms with Gasteiger partial charge in [0.25, 0.3) is 0 Å². The van der Waals surface area contributed by atoms with Crippen LogP contribution in [0.15, 0.2) is 48.5 Å². The number of carbonyl (C=O) groups is 2. The van der Waals surface area contributed by atoms with E-state index in [9.17, 15) is 9.59 Å². The maximum Gasteiger partial charge on any atom is 0.337 e. The van der Waals surface area contributed by atoms with Crippen LogP contribution >= 0.6 is 0 Å². The fourth-order valence-electron chi connectivity index (χ4n) is 3.13. The van der Waals surface area contributed by atoms with Gasteiger partial charge in [-0.3, -0.25) is 4.79 Å². The van der Waals surface area contributed by atoms with E-state index < -0.39 is 0 Å². The van der Waals surface area contributed by atoms with Crippen molar-refractivity contribution in [2.45, 2.75) is 25.7 Å². The Labute approximate surface area is 142 Å². The van der Waals surface area contributed by atoms with Crippen molar-refractivity contribution in [2.75, 3.05) is 18.6 Å². The van der Waals surface area contributed by atoms with Crippen LogP contribution < -0.4 is 4.90 Å². The summed E-state index contributed by atoms with van der Waals surface area (Å²) in [5.74, 6) is -0.194. The van der Waals surface area contributed by atoms with Gasteiger partial charge in [-0.2, -0.15) is 0 Å². The zero-order chi connectivity index (χ0) is 16.9. The van der Waals surface area contributed by atoms with Crippen molar-refractivity contribution >= 4 is 17.6 Å². The number of benzene rings is 2. The van der Waals surface area contributed by atoms with Crippen LogP contribution in [0.25, 0.3) is 0 Å². The average Bonchev–Trinajstić information content (AvgIpc) is 3.05. The minimum atomic E-state index is -0.342. The molecular formula is C20H21NO3. The molecule has 4 heteroatoms. The van der Waals surface area contributed by atoms with Crippen LogP contribution in [0.1, 0.15) is 34.3 Å². The lowest BCUT2D eigenvalue weighted by atomic mass is 10.1. The second-order valence-corrected chi connectivity index (χ2v) is 5.97. The highest BCUT2D eigenvalue weighted by Crippen LogP contribution is 2.29. The minimum Gasteiger partial charge on any atom is -0.465 e. The number of carbonyl (C=O) groups excluding carboxylic acids is 2. The van der Waals surface area contributed by atoms with E-state index in [1.54, 1.807) is 6.07 Å². The van der Waals surface area contributed by atoms with Gasteiger partial charge in [0.1, 0.15) is 0 Å². The fraction of sp³-hybridized carbons (Fsp3) is 0.300.